The zero-order valence-electron chi connectivity index (χ0n) is 14.4. The molecule has 1 fully saturated rings. The largest absolute Gasteiger partial charge is 0.495 e. The van der Waals surface area contributed by atoms with Gasteiger partial charge in [-0.05, 0) is 36.8 Å². The molecule has 3 rings (SSSR count). The highest BCUT2D eigenvalue weighted by Gasteiger charge is 2.35. The molecule has 1 atom stereocenters. The van der Waals surface area contributed by atoms with Crippen molar-refractivity contribution < 1.29 is 18.7 Å². The molecule has 0 bridgehead atoms. The van der Waals surface area contributed by atoms with Crippen molar-refractivity contribution >= 4 is 34.8 Å². The molecule has 0 spiro atoms. The fourth-order valence-corrected chi connectivity index (χ4v) is 3.10. The van der Waals surface area contributed by atoms with Crippen molar-refractivity contribution in [3.8, 4) is 5.75 Å². The van der Waals surface area contributed by atoms with Gasteiger partial charge < -0.3 is 15.0 Å². The highest BCUT2D eigenvalue weighted by Crippen LogP contribution is 2.32. The van der Waals surface area contributed by atoms with E-state index in [1.165, 1.54) is 30.2 Å². The average molecular weight is 377 g/mol. The molecule has 1 aliphatic heterocycles. The number of ether oxygens (including phenoxy) is 1. The molecule has 2 aromatic rings. The summed E-state index contributed by atoms with van der Waals surface area (Å²) in [6, 6.07) is 9.12. The standard InChI is InChI=1S/C19H18ClFN2O3/c1-11-6-16(17(26-2)9-15(11)20)22-19(25)12-7-18(24)23(10-12)14-5-3-4-13(21)8-14/h3-6,8-9,12H,7,10H2,1-2H3,(H,22,25). The normalized spacial score (nSPS) is 16.7. The Kier molecular flexibility index (Phi) is 5.13. The number of aryl methyl sites for hydroxylation is 1. The zero-order chi connectivity index (χ0) is 18.8. The van der Waals surface area contributed by atoms with Crippen LogP contribution in [0.2, 0.25) is 5.02 Å². The Morgan fingerprint density at radius 1 is 1.35 bits per heavy atom. The predicted molar refractivity (Wildman–Crippen MR) is 98.2 cm³/mol. The molecule has 7 heteroatoms. The predicted octanol–water partition coefficient (Wildman–Crippen LogP) is 3.79. The highest BCUT2D eigenvalue weighted by atomic mass is 35.5. The molecule has 0 saturated carbocycles. The number of rotatable bonds is 4. The van der Waals surface area contributed by atoms with Crippen LogP contribution in [0.5, 0.6) is 5.75 Å². The monoisotopic (exact) mass is 376 g/mol. The van der Waals surface area contributed by atoms with E-state index in [0.717, 1.165) is 5.56 Å². The van der Waals surface area contributed by atoms with Crippen molar-refractivity contribution in [1.29, 1.82) is 0 Å². The van der Waals surface area contributed by atoms with E-state index in [9.17, 15) is 14.0 Å². The molecule has 5 nitrogen and oxygen atoms in total. The van der Waals surface area contributed by atoms with Crippen molar-refractivity contribution in [2.75, 3.05) is 23.9 Å². The second-order valence-corrected chi connectivity index (χ2v) is 6.58. The number of nitrogens with zero attached hydrogens (tertiary/aromatic N) is 1. The van der Waals surface area contributed by atoms with Crippen LogP contribution in [0.3, 0.4) is 0 Å². The van der Waals surface area contributed by atoms with E-state index in [-0.39, 0.29) is 24.8 Å². The molecule has 1 heterocycles. The van der Waals surface area contributed by atoms with Crippen molar-refractivity contribution in [2.24, 2.45) is 5.92 Å². The van der Waals surface area contributed by atoms with Crippen LogP contribution in [-0.2, 0) is 9.59 Å². The summed E-state index contributed by atoms with van der Waals surface area (Å²) in [6.45, 7) is 2.02. The molecule has 0 aromatic heterocycles. The van der Waals surface area contributed by atoms with Crippen molar-refractivity contribution in [1.82, 2.24) is 0 Å². The van der Waals surface area contributed by atoms with E-state index in [2.05, 4.69) is 5.32 Å². The quantitative estimate of drug-likeness (QED) is 0.883. The van der Waals surface area contributed by atoms with Gasteiger partial charge in [-0.25, -0.2) is 4.39 Å². The van der Waals surface area contributed by atoms with Gasteiger partial charge in [-0.1, -0.05) is 17.7 Å². The van der Waals surface area contributed by atoms with Crippen LogP contribution < -0.4 is 15.0 Å². The van der Waals surface area contributed by atoms with Crippen LogP contribution in [0.1, 0.15) is 12.0 Å². The summed E-state index contributed by atoms with van der Waals surface area (Å²) >= 11 is 6.07. The molecule has 0 aliphatic carbocycles. The molecule has 136 valence electrons. The number of amides is 2. The first kappa shape index (κ1) is 18.2. The lowest BCUT2D eigenvalue weighted by atomic mass is 10.1. The number of methoxy groups -OCH3 is 1. The molecule has 1 saturated heterocycles. The minimum absolute atomic E-state index is 0.0667. The van der Waals surface area contributed by atoms with E-state index < -0.39 is 11.7 Å². The maximum atomic E-state index is 13.4. The van der Waals surface area contributed by atoms with Gasteiger partial charge in [-0.2, -0.15) is 0 Å². The number of carbonyl (C=O) groups excluding carboxylic acids is 2. The highest BCUT2D eigenvalue weighted by molar-refractivity contribution is 6.31. The third kappa shape index (κ3) is 3.65. The first-order valence-electron chi connectivity index (χ1n) is 8.10. The topological polar surface area (TPSA) is 58.6 Å². The van der Waals surface area contributed by atoms with Crippen molar-refractivity contribution in [2.45, 2.75) is 13.3 Å². The third-order valence-electron chi connectivity index (χ3n) is 4.35. The van der Waals surface area contributed by atoms with Crippen LogP contribution in [0.15, 0.2) is 36.4 Å². The Bertz CT molecular complexity index is 872. The van der Waals surface area contributed by atoms with Gasteiger partial charge in [0.25, 0.3) is 0 Å². The van der Waals surface area contributed by atoms with Gasteiger partial charge >= 0.3 is 0 Å². The van der Waals surface area contributed by atoms with Gasteiger partial charge in [0, 0.05) is 29.7 Å². The maximum Gasteiger partial charge on any atom is 0.229 e. The van der Waals surface area contributed by atoms with E-state index >= 15 is 0 Å². The SMILES string of the molecule is COc1cc(Cl)c(C)cc1NC(=O)C1CC(=O)N(c2cccc(F)c2)C1. The molecular formula is C19H18ClFN2O3. The van der Waals surface area contributed by atoms with Gasteiger partial charge in [0.15, 0.2) is 0 Å². The first-order chi connectivity index (χ1) is 12.4. The number of anilines is 2. The summed E-state index contributed by atoms with van der Waals surface area (Å²) in [6.07, 6.45) is 0.0667. The van der Waals surface area contributed by atoms with Crippen molar-refractivity contribution in [3.05, 3.63) is 52.8 Å². The minimum Gasteiger partial charge on any atom is -0.495 e. The molecule has 2 amide bonds. The molecule has 0 radical (unpaired) electrons. The summed E-state index contributed by atoms with van der Waals surface area (Å²) in [4.78, 5) is 26.3. The summed E-state index contributed by atoms with van der Waals surface area (Å²) in [5, 5.41) is 3.34. The molecule has 1 aliphatic rings. The first-order valence-corrected chi connectivity index (χ1v) is 8.47. The third-order valence-corrected chi connectivity index (χ3v) is 4.76. The van der Waals surface area contributed by atoms with E-state index in [1.807, 2.05) is 6.92 Å². The number of hydrogen-bond donors (Lipinski definition) is 1. The maximum absolute atomic E-state index is 13.4. The Hall–Kier alpha value is -2.60. The van der Waals surface area contributed by atoms with E-state index in [1.54, 1.807) is 18.2 Å². The second-order valence-electron chi connectivity index (χ2n) is 6.18. The van der Waals surface area contributed by atoms with Gasteiger partial charge in [0.2, 0.25) is 11.8 Å². The Morgan fingerprint density at radius 3 is 2.81 bits per heavy atom. The van der Waals surface area contributed by atoms with Gasteiger partial charge in [-0.15, -0.1) is 0 Å². The molecule has 2 aromatic carbocycles. The number of hydrogen-bond acceptors (Lipinski definition) is 3. The van der Waals surface area contributed by atoms with E-state index in [0.29, 0.717) is 22.1 Å². The smallest absolute Gasteiger partial charge is 0.229 e. The number of nitrogens with one attached hydrogen (secondary N) is 1. The van der Waals surface area contributed by atoms with E-state index in [4.69, 9.17) is 16.3 Å². The minimum atomic E-state index is -0.536. The molecule has 1 N–H and O–H groups in total. The van der Waals surface area contributed by atoms with Crippen LogP contribution in [-0.4, -0.2) is 25.5 Å². The van der Waals surface area contributed by atoms with Crippen LogP contribution in [0, 0.1) is 18.7 Å². The van der Waals surface area contributed by atoms with Gasteiger partial charge in [0.05, 0.1) is 18.7 Å². The molecular weight excluding hydrogens is 359 g/mol. The molecule has 1 unspecified atom stereocenters. The number of benzene rings is 2. The fraction of sp³-hybridized carbons (Fsp3) is 0.263. The van der Waals surface area contributed by atoms with Crippen LogP contribution in [0.25, 0.3) is 0 Å². The van der Waals surface area contributed by atoms with Crippen LogP contribution >= 0.6 is 11.6 Å². The summed E-state index contributed by atoms with van der Waals surface area (Å²) < 4.78 is 18.7. The number of carbonyl (C=O) groups is 2. The Labute approximate surface area is 155 Å². The van der Waals surface area contributed by atoms with Gasteiger partial charge in [-0.3, -0.25) is 9.59 Å². The van der Waals surface area contributed by atoms with Crippen molar-refractivity contribution in [3.63, 3.8) is 0 Å². The lowest BCUT2D eigenvalue weighted by Crippen LogP contribution is -2.28. The lowest BCUT2D eigenvalue weighted by molar-refractivity contribution is -0.122. The lowest BCUT2D eigenvalue weighted by Gasteiger charge is -2.17. The molecule has 26 heavy (non-hydrogen) atoms. The summed E-state index contributed by atoms with van der Waals surface area (Å²) in [5.74, 6) is -1.02. The zero-order valence-corrected chi connectivity index (χ0v) is 15.1. The number of halogens is 2. The second kappa shape index (κ2) is 7.33. The summed E-state index contributed by atoms with van der Waals surface area (Å²) in [7, 11) is 1.49. The van der Waals surface area contributed by atoms with Crippen LogP contribution in [0.4, 0.5) is 15.8 Å². The summed E-state index contributed by atoms with van der Waals surface area (Å²) in [5.41, 5.74) is 1.74. The fourth-order valence-electron chi connectivity index (χ4n) is 2.94. The Balaban J connectivity index is 1.76. The average Bonchev–Trinajstić information content (AvgIpc) is 3.00. The Morgan fingerprint density at radius 2 is 2.12 bits per heavy atom. The van der Waals surface area contributed by atoms with Gasteiger partial charge in [0.1, 0.15) is 11.6 Å².